The lowest BCUT2D eigenvalue weighted by Gasteiger charge is -1.91. The number of benzene rings is 1. The van der Waals surface area contributed by atoms with Crippen molar-refractivity contribution < 1.29 is 14.4 Å². The van der Waals surface area contributed by atoms with E-state index in [1.807, 2.05) is 0 Å². The fraction of sp³-hybridized carbons (Fsp3) is 0. The van der Waals surface area contributed by atoms with Gasteiger partial charge in [0.25, 0.3) is 0 Å². The predicted molar refractivity (Wildman–Crippen MR) is 43.8 cm³/mol. The van der Waals surface area contributed by atoms with Gasteiger partial charge < -0.3 is 9.63 Å². The zero-order valence-corrected chi connectivity index (χ0v) is 6.40. The summed E-state index contributed by atoms with van der Waals surface area (Å²) < 4.78 is 4.48. The summed E-state index contributed by atoms with van der Waals surface area (Å²) in [6.45, 7) is 0. The second kappa shape index (κ2) is 2.48. The van der Waals surface area contributed by atoms with Gasteiger partial charge in [0.15, 0.2) is 0 Å². The van der Waals surface area contributed by atoms with Crippen LogP contribution in [0.15, 0.2) is 27.5 Å². The van der Waals surface area contributed by atoms with Gasteiger partial charge in [0.2, 0.25) is 0 Å². The largest absolute Gasteiger partial charge is 0.478 e. The number of rotatable bonds is 1. The Morgan fingerprint density at radius 1 is 1.46 bits per heavy atom. The average molecular weight is 179 g/mol. The zero-order chi connectivity index (χ0) is 9.42. The monoisotopic (exact) mass is 179 g/mol. The molecule has 1 heterocycles. The van der Waals surface area contributed by atoms with Crippen LogP contribution in [0.25, 0.3) is 10.9 Å². The van der Waals surface area contributed by atoms with E-state index in [0.717, 1.165) is 0 Å². The number of carboxylic acids is 1. The molecule has 0 atom stereocenters. The molecule has 0 aliphatic carbocycles. The van der Waals surface area contributed by atoms with Crippen LogP contribution in [0.5, 0.6) is 0 Å². The lowest BCUT2D eigenvalue weighted by Crippen LogP contribution is -1.96. The van der Waals surface area contributed by atoms with Crippen molar-refractivity contribution in [2.45, 2.75) is 0 Å². The van der Waals surface area contributed by atoms with E-state index in [9.17, 15) is 9.59 Å². The minimum Gasteiger partial charge on any atom is -0.478 e. The van der Waals surface area contributed by atoms with Crippen LogP contribution in [0.2, 0.25) is 0 Å². The molecule has 0 aliphatic rings. The Morgan fingerprint density at radius 2 is 2.23 bits per heavy atom. The van der Waals surface area contributed by atoms with E-state index in [1.54, 1.807) is 0 Å². The van der Waals surface area contributed by atoms with Crippen molar-refractivity contribution >= 4 is 16.9 Å². The third-order valence-corrected chi connectivity index (χ3v) is 1.74. The summed E-state index contributed by atoms with van der Waals surface area (Å²) in [7, 11) is 0. The maximum Gasteiger partial charge on any atom is 0.365 e. The van der Waals surface area contributed by atoms with Gasteiger partial charge in [-0.05, 0) is 18.2 Å². The standard InChI is InChI=1S/C8H5NO4/c10-7(11)4-1-2-5-6(3-4)9-13-8(5)12/h1-3,9H,(H,10,11). The van der Waals surface area contributed by atoms with Crippen LogP contribution in [0.4, 0.5) is 0 Å². The molecule has 2 N–H and O–H groups in total. The third kappa shape index (κ3) is 1.10. The highest BCUT2D eigenvalue weighted by Gasteiger charge is 2.07. The topological polar surface area (TPSA) is 83.3 Å². The number of hydrogen-bond acceptors (Lipinski definition) is 3. The van der Waals surface area contributed by atoms with Gasteiger partial charge in [-0.1, -0.05) is 0 Å². The number of fused-ring (bicyclic) bond motifs is 1. The average Bonchev–Trinajstić information content (AvgIpc) is 2.47. The molecule has 0 spiro atoms. The molecule has 5 nitrogen and oxygen atoms in total. The van der Waals surface area contributed by atoms with E-state index in [4.69, 9.17) is 5.11 Å². The van der Waals surface area contributed by atoms with E-state index in [-0.39, 0.29) is 5.56 Å². The first kappa shape index (κ1) is 7.60. The van der Waals surface area contributed by atoms with Gasteiger partial charge in [-0.25, -0.2) is 14.7 Å². The summed E-state index contributed by atoms with van der Waals surface area (Å²) in [6.07, 6.45) is 0. The molecule has 0 bridgehead atoms. The van der Waals surface area contributed by atoms with Crippen molar-refractivity contribution in [3.8, 4) is 0 Å². The normalized spacial score (nSPS) is 10.5. The SMILES string of the molecule is O=C(O)c1ccc2c(=O)o[nH]c2c1. The first-order valence-electron chi connectivity index (χ1n) is 3.53. The van der Waals surface area contributed by atoms with Gasteiger partial charge in [0.05, 0.1) is 16.5 Å². The summed E-state index contributed by atoms with van der Waals surface area (Å²) in [4.78, 5) is 21.4. The molecule has 0 fully saturated rings. The van der Waals surface area contributed by atoms with Gasteiger partial charge >= 0.3 is 11.6 Å². The molecule has 0 saturated carbocycles. The van der Waals surface area contributed by atoms with Crippen molar-refractivity contribution in [1.82, 2.24) is 5.16 Å². The van der Waals surface area contributed by atoms with Gasteiger partial charge in [-0.2, -0.15) is 0 Å². The summed E-state index contributed by atoms with van der Waals surface area (Å²) in [5.74, 6) is -1.04. The Kier molecular flexibility index (Phi) is 1.45. The van der Waals surface area contributed by atoms with Crippen LogP contribution in [0.3, 0.4) is 0 Å². The van der Waals surface area contributed by atoms with Gasteiger partial charge in [0.1, 0.15) is 0 Å². The third-order valence-electron chi connectivity index (χ3n) is 1.74. The summed E-state index contributed by atoms with van der Waals surface area (Å²) >= 11 is 0. The summed E-state index contributed by atoms with van der Waals surface area (Å²) in [6, 6.07) is 4.12. The molecule has 5 heteroatoms. The Bertz CT molecular complexity index is 522. The van der Waals surface area contributed by atoms with Crippen molar-refractivity contribution in [2.24, 2.45) is 0 Å². The van der Waals surface area contributed by atoms with E-state index in [1.165, 1.54) is 18.2 Å². The van der Waals surface area contributed by atoms with E-state index >= 15 is 0 Å². The number of hydrogen-bond donors (Lipinski definition) is 2. The van der Waals surface area contributed by atoms with Crippen molar-refractivity contribution in [2.75, 3.05) is 0 Å². The van der Waals surface area contributed by atoms with Gasteiger partial charge in [-0.15, -0.1) is 0 Å². The number of nitrogens with one attached hydrogen (secondary N) is 1. The molecular formula is C8H5NO4. The van der Waals surface area contributed by atoms with Crippen molar-refractivity contribution in [3.05, 3.63) is 34.2 Å². The molecule has 0 radical (unpaired) electrons. The molecule has 13 heavy (non-hydrogen) atoms. The maximum absolute atomic E-state index is 10.9. The van der Waals surface area contributed by atoms with E-state index in [2.05, 4.69) is 9.68 Å². The molecule has 1 aromatic heterocycles. The van der Waals surface area contributed by atoms with Crippen molar-refractivity contribution in [1.29, 1.82) is 0 Å². The fourth-order valence-electron chi connectivity index (χ4n) is 1.10. The maximum atomic E-state index is 10.9. The van der Waals surface area contributed by atoms with Crippen molar-refractivity contribution in [3.63, 3.8) is 0 Å². The van der Waals surface area contributed by atoms with Gasteiger partial charge in [0, 0.05) is 0 Å². The predicted octanol–water partition coefficient (Wildman–Crippen LogP) is 0.819. The highest BCUT2D eigenvalue weighted by atomic mass is 16.5. The summed E-state index contributed by atoms with van der Waals surface area (Å²) in [5, 5.41) is 11.3. The minimum atomic E-state index is -1.04. The second-order valence-electron chi connectivity index (χ2n) is 2.56. The Balaban J connectivity index is 2.77. The highest BCUT2D eigenvalue weighted by molar-refractivity contribution is 5.92. The Hall–Kier alpha value is -2.04. The minimum absolute atomic E-state index is 0.115. The van der Waals surface area contributed by atoms with E-state index in [0.29, 0.717) is 10.9 Å². The van der Waals surface area contributed by atoms with Crippen LogP contribution in [0.1, 0.15) is 10.4 Å². The molecule has 2 rings (SSSR count). The lowest BCUT2D eigenvalue weighted by molar-refractivity contribution is 0.0697. The molecule has 0 saturated heterocycles. The van der Waals surface area contributed by atoms with Gasteiger partial charge in [-0.3, -0.25) is 0 Å². The number of aromatic carboxylic acids is 1. The molecule has 1 aromatic carbocycles. The molecular weight excluding hydrogens is 174 g/mol. The Morgan fingerprint density at radius 3 is 2.92 bits per heavy atom. The molecule has 0 aliphatic heterocycles. The first-order valence-corrected chi connectivity index (χ1v) is 3.53. The number of H-pyrrole nitrogens is 1. The second-order valence-corrected chi connectivity index (χ2v) is 2.56. The van der Waals surface area contributed by atoms with Crippen LogP contribution in [-0.4, -0.2) is 16.2 Å². The molecule has 0 amide bonds. The number of aromatic nitrogens is 1. The Labute approximate surface area is 71.6 Å². The fourth-order valence-corrected chi connectivity index (χ4v) is 1.10. The van der Waals surface area contributed by atoms with Crippen LogP contribution in [-0.2, 0) is 0 Å². The molecule has 2 aromatic rings. The highest BCUT2D eigenvalue weighted by Crippen LogP contribution is 2.10. The van der Waals surface area contributed by atoms with E-state index < -0.39 is 11.6 Å². The summed E-state index contributed by atoms with van der Waals surface area (Å²) in [5.41, 5.74) is 0.0152. The quantitative estimate of drug-likeness (QED) is 0.678. The molecule has 66 valence electrons. The zero-order valence-electron chi connectivity index (χ0n) is 6.40. The lowest BCUT2D eigenvalue weighted by atomic mass is 10.2. The number of carboxylic acid groups (broad SMARTS) is 1. The first-order chi connectivity index (χ1) is 6.18. The number of aromatic amines is 1. The van der Waals surface area contributed by atoms with Crippen LogP contribution < -0.4 is 5.63 Å². The van der Waals surface area contributed by atoms with Crippen LogP contribution >= 0.6 is 0 Å². The van der Waals surface area contributed by atoms with Crippen LogP contribution in [0, 0.1) is 0 Å². The smallest absolute Gasteiger partial charge is 0.365 e. The molecule has 0 unspecified atom stereocenters. The number of carbonyl (C=O) groups is 1.